The van der Waals surface area contributed by atoms with Gasteiger partial charge in [-0.1, -0.05) is 13.8 Å². The molecule has 2 heterocycles. The van der Waals surface area contributed by atoms with Crippen molar-refractivity contribution in [3.63, 3.8) is 0 Å². The molecule has 1 aliphatic rings. The average molecular weight is 301 g/mol. The molecule has 1 amide bonds. The lowest BCUT2D eigenvalue weighted by atomic mass is 10.1. The van der Waals surface area contributed by atoms with Gasteiger partial charge in [0.05, 0.1) is 11.7 Å². The summed E-state index contributed by atoms with van der Waals surface area (Å²) in [6, 6.07) is 2.23. The van der Waals surface area contributed by atoms with Crippen molar-refractivity contribution in [2.75, 3.05) is 26.2 Å². The molecule has 0 radical (unpaired) electrons. The molecule has 2 rings (SSSR count). The molecule has 0 aliphatic carbocycles. The molecule has 1 saturated heterocycles. The predicted molar refractivity (Wildman–Crippen MR) is 82.6 cm³/mol. The van der Waals surface area contributed by atoms with E-state index in [1.807, 2.05) is 22.6 Å². The third-order valence-electron chi connectivity index (χ3n) is 3.77. The van der Waals surface area contributed by atoms with E-state index in [9.17, 15) is 4.79 Å². The van der Waals surface area contributed by atoms with Gasteiger partial charge in [-0.2, -0.15) is 5.10 Å². The summed E-state index contributed by atoms with van der Waals surface area (Å²) >= 11 is 0. The van der Waals surface area contributed by atoms with Gasteiger partial charge in [0.15, 0.2) is 0 Å². The number of carbonyl (C=O) groups excluding carboxylic acids is 1. The van der Waals surface area contributed by atoms with Crippen LogP contribution in [0.25, 0.3) is 0 Å². The zero-order chi connectivity index (χ0) is 13.8. The molecule has 0 spiro atoms. The summed E-state index contributed by atoms with van der Waals surface area (Å²) in [5.41, 5.74) is 1.67. The second-order valence-corrected chi connectivity index (χ2v) is 5.13. The fourth-order valence-electron chi connectivity index (χ4n) is 2.62. The topological polar surface area (TPSA) is 50.2 Å². The molecule has 0 unspecified atom stereocenters. The van der Waals surface area contributed by atoms with Crippen LogP contribution in [-0.4, -0.2) is 46.8 Å². The first-order chi connectivity index (χ1) is 9.17. The normalized spacial score (nSPS) is 15.3. The monoisotopic (exact) mass is 300 g/mol. The highest BCUT2D eigenvalue weighted by atomic mass is 35.5. The number of piperazine rings is 1. The SMILES string of the molecule is CCC(CC)n1nc(C)cc1C(=O)N1CCNCC1.Cl. The van der Waals surface area contributed by atoms with E-state index in [1.165, 1.54) is 0 Å². The maximum atomic E-state index is 12.6. The number of hydrogen-bond donors (Lipinski definition) is 1. The molecular formula is C14H25ClN4O. The van der Waals surface area contributed by atoms with Gasteiger partial charge in [-0.15, -0.1) is 12.4 Å². The molecular weight excluding hydrogens is 276 g/mol. The van der Waals surface area contributed by atoms with E-state index >= 15 is 0 Å². The Labute approximate surface area is 127 Å². The average Bonchev–Trinajstić information content (AvgIpc) is 2.82. The van der Waals surface area contributed by atoms with Crippen molar-refractivity contribution < 1.29 is 4.79 Å². The van der Waals surface area contributed by atoms with E-state index in [-0.39, 0.29) is 18.3 Å². The highest BCUT2D eigenvalue weighted by Crippen LogP contribution is 2.19. The number of hydrogen-bond acceptors (Lipinski definition) is 3. The maximum absolute atomic E-state index is 12.6. The number of aromatic nitrogens is 2. The summed E-state index contributed by atoms with van der Waals surface area (Å²) in [5.74, 6) is 0.119. The van der Waals surface area contributed by atoms with Gasteiger partial charge in [-0.3, -0.25) is 9.48 Å². The Morgan fingerprint density at radius 2 is 1.95 bits per heavy atom. The predicted octanol–water partition coefficient (Wildman–Crippen LogP) is 2.02. The Balaban J connectivity index is 0.00000200. The van der Waals surface area contributed by atoms with Crippen LogP contribution in [0.1, 0.15) is 48.9 Å². The van der Waals surface area contributed by atoms with E-state index in [4.69, 9.17) is 0 Å². The van der Waals surface area contributed by atoms with Gasteiger partial charge in [0.2, 0.25) is 0 Å². The van der Waals surface area contributed by atoms with Gasteiger partial charge < -0.3 is 10.2 Å². The number of aryl methyl sites for hydroxylation is 1. The van der Waals surface area contributed by atoms with Crippen LogP contribution >= 0.6 is 12.4 Å². The minimum atomic E-state index is 0. The lowest BCUT2D eigenvalue weighted by molar-refractivity contribution is 0.0719. The van der Waals surface area contributed by atoms with Crippen LogP contribution in [0.2, 0.25) is 0 Å². The van der Waals surface area contributed by atoms with Crippen molar-refractivity contribution in [2.24, 2.45) is 0 Å². The Kier molecular flexibility index (Phi) is 6.49. The van der Waals surface area contributed by atoms with Gasteiger partial charge in [0, 0.05) is 26.2 Å². The van der Waals surface area contributed by atoms with E-state index in [1.54, 1.807) is 0 Å². The summed E-state index contributed by atoms with van der Waals surface area (Å²) in [6.07, 6.45) is 2.00. The number of carbonyl (C=O) groups is 1. The van der Waals surface area contributed by atoms with Crippen LogP contribution < -0.4 is 5.32 Å². The summed E-state index contributed by atoms with van der Waals surface area (Å²) in [5, 5.41) is 7.79. The number of rotatable bonds is 4. The molecule has 6 heteroatoms. The zero-order valence-corrected chi connectivity index (χ0v) is 13.4. The van der Waals surface area contributed by atoms with Crippen molar-refractivity contribution in [1.29, 1.82) is 0 Å². The first-order valence-corrected chi connectivity index (χ1v) is 7.23. The van der Waals surface area contributed by atoms with Crippen molar-refractivity contribution in [3.05, 3.63) is 17.5 Å². The first-order valence-electron chi connectivity index (χ1n) is 7.23. The Morgan fingerprint density at radius 1 is 1.35 bits per heavy atom. The molecule has 1 fully saturated rings. The smallest absolute Gasteiger partial charge is 0.272 e. The van der Waals surface area contributed by atoms with E-state index < -0.39 is 0 Å². The second-order valence-electron chi connectivity index (χ2n) is 5.13. The number of halogens is 1. The van der Waals surface area contributed by atoms with Crippen LogP contribution in [0, 0.1) is 6.92 Å². The maximum Gasteiger partial charge on any atom is 0.272 e. The van der Waals surface area contributed by atoms with Gasteiger partial charge in [-0.05, 0) is 25.8 Å². The van der Waals surface area contributed by atoms with Crippen molar-refractivity contribution in [3.8, 4) is 0 Å². The minimum Gasteiger partial charge on any atom is -0.335 e. The molecule has 1 N–H and O–H groups in total. The second kappa shape index (κ2) is 7.64. The standard InChI is InChI=1S/C14H24N4O.ClH/c1-4-12(5-2)18-13(10-11(3)16-18)14(19)17-8-6-15-7-9-17;/h10,12,15H,4-9H2,1-3H3;1H. The van der Waals surface area contributed by atoms with Gasteiger partial charge in [0.1, 0.15) is 5.69 Å². The third-order valence-corrected chi connectivity index (χ3v) is 3.77. The van der Waals surface area contributed by atoms with Crippen LogP contribution in [-0.2, 0) is 0 Å². The molecule has 1 aliphatic heterocycles. The van der Waals surface area contributed by atoms with Gasteiger partial charge >= 0.3 is 0 Å². The number of amides is 1. The van der Waals surface area contributed by atoms with Crippen LogP contribution in [0.15, 0.2) is 6.07 Å². The summed E-state index contributed by atoms with van der Waals surface area (Å²) in [6.45, 7) is 9.56. The van der Waals surface area contributed by atoms with Crippen LogP contribution in [0.5, 0.6) is 0 Å². The Morgan fingerprint density at radius 3 is 2.50 bits per heavy atom. The quantitative estimate of drug-likeness (QED) is 0.925. The molecule has 0 atom stereocenters. The van der Waals surface area contributed by atoms with Crippen molar-refractivity contribution >= 4 is 18.3 Å². The Hall–Kier alpha value is -1.07. The Bertz CT molecular complexity index is 436. The highest BCUT2D eigenvalue weighted by molar-refractivity contribution is 5.92. The van der Waals surface area contributed by atoms with Crippen molar-refractivity contribution in [2.45, 2.75) is 39.7 Å². The summed E-state index contributed by atoms with van der Waals surface area (Å²) < 4.78 is 1.93. The van der Waals surface area contributed by atoms with E-state index in [0.29, 0.717) is 6.04 Å². The molecule has 1 aromatic heterocycles. The molecule has 0 saturated carbocycles. The van der Waals surface area contributed by atoms with Crippen LogP contribution in [0.3, 0.4) is 0 Å². The van der Waals surface area contributed by atoms with E-state index in [2.05, 4.69) is 24.3 Å². The molecule has 1 aromatic rings. The molecule has 0 bridgehead atoms. The van der Waals surface area contributed by atoms with Gasteiger partial charge in [-0.25, -0.2) is 0 Å². The fraction of sp³-hybridized carbons (Fsp3) is 0.714. The largest absolute Gasteiger partial charge is 0.335 e. The van der Waals surface area contributed by atoms with Crippen molar-refractivity contribution in [1.82, 2.24) is 20.0 Å². The molecule has 114 valence electrons. The van der Waals surface area contributed by atoms with Crippen LogP contribution in [0.4, 0.5) is 0 Å². The van der Waals surface area contributed by atoms with Gasteiger partial charge in [0.25, 0.3) is 5.91 Å². The molecule has 5 nitrogen and oxygen atoms in total. The fourth-order valence-corrected chi connectivity index (χ4v) is 2.62. The third kappa shape index (κ3) is 3.52. The number of nitrogens with one attached hydrogen (secondary N) is 1. The first kappa shape index (κ1) is 17.0. The summed E-state index contributed by atoms with van der Waals surface area (Å²) in [4.78, 5) is 14.5. The molecule has 20 heavy (non-hydrogen) atoms. The minimum absolute atomic E-state index is 0. The lowest BCUT2D eigenvalue weighted by Gasteiger charge is -2.28. The highest BCUT2D eigenvalue weighted by Gasteiger charge is 2.24. The zero-order valence-electron chi connectivity index (χ0n) is 12.6. The number of nitrogens with zero attached hydrogens (tertiary/aromatic N) is 3. The summed E-state index contributed by atoms with van der Waals surface area (Å²) in [7, 11) is 0. The van der Waals surface area contributed by atoms with E-state index in [0.717, 1.165) is 50.4 Å². The molecule has 0 aromatic carbocycles. The lowest BCUT2D eigenvalue weighted by Crippen LogP contribution is -2.47.